The molecule has 3 N–H and O–H groups in total. The quantitative estimate of drug-likeness (QED) is 0.637. The third kappa shape index (κ3) is 2.74. The second-order valence-electron chi connectivity index (χ2n) is 4.51. The molecule has 2 aromatic rings. The Hall–Kier alpha value is -2.16. The second-order valence-corrected chi connectivity index (χ2v) is 4.51. The van der Waals surface area contributed by atoms with Crippen molar-refractivity contribution in [1.82, 2.24) is 0 Å². The molecule has 0 unspecified atom stereocenters. The van der Waals surface area contributed by atoms with Gasteiger partial charge < -0.3 is 10.5 Å². The summed E-state index contributed by atoms with van der Waals surface area (Å²) in [4.78, 5) is 11.0. The monoisotopic (exact) mass is 240 g/mol. The number of benzene rings is 2. The molecule has 2 rings (SSSR count). The van der Waals surface area contributed by atoms with Crippen molar-refractivity contribution in [3.8, 4) is 0 Å². The molecule has 3 nitrogen and oxygen atoms in total. The van der Waals surface area contributed by atoms with E-state index in [0.29, 0.717) is 6.42 Å². The predicted octanol–water partition coefficient (Wildman–Crippen LogP) is 2.65. The number of rotatable bonds is 4. The van der Waals surface area contributed by atoms with Crippen LogP contribution in [0, 0.1) is 5.41 Å². The molecule has 2 aromatic carbocycles. The van der Waals surface area contributed by atoms with Crippen molar-refractivity contribution in [2.24, 2.45) is 5.73 Å². The van der Waals surface area contributed by atoms with Crippen molar-refractivity contribution in [3.05, 3.63) is 47.5 Å². The lowest BCUT2D eigenvalue weighted by Crippen LogP contribution is -2.10. The van der Waals surface area contributed by atoms with Gasteiger partial charge in [-0.1, -0.05) is 30.3 Å². The van der Waals surface area contributed by atoms with Gasteiger partial charge in [0.25, 0.3) is 0 Å². The Labute approximate surface area is 106 Å². The Balaban J connectivity index is 2.32. The molecule has 0 saturated carbocycles. The number of hydrogen-bond donors (Lipinski definition) is 2. The van der Waals surface area contributed by atoms with E-state index < -0.39 is 0 Å². The largest absolute Gasteiger partial charge is 0.384 e. The van der Waals surface area contributed by atoms with Crippen LogP contribution in [0.2, 0.25) is 0 Å². The highest BCUT2D eigenvalue weighted by Crippen LogP contribution is 2.18. The van der Waals surface area contributed by atoms with Gasteiger partial charge in [0, 0.05) is 12.0 Å². The number of Topliss-reactive ketones (excluding diaryl/α,β-unsaturated/α-hetero) is 1. The van der Waals surface area contributed by atoms with E-state index in [-0.39, 0.29) is 11.6 Å². The molecule has 0 radical (unpaired) electrons. The summed E-state index contributed by atoms with van der Waals surface area (Å²) in [5, 5.41) is 9.58. The maximum absolute atomic E-state index is 11.0. The molecule has 0 atom stereocenters. The number of nitrogens with two attached hydrogens (primary N) is 1. The van der Waals surface area contributed by atoms with Crippen LogP contribution in [0.3, 0.4) is 0 Å². The molecule has 0 bridgehead atoms. The zero-order valence-corrected chi connectivity index (χ0v) is 10.4. The minimum absolute atomic E-state index is 0.0811. The Bertz CT molecular complexity index is 617. The van der Waals surface area contributed by atoms with E-state index in [9.17, 15) is 4.79 Å². The summed E-state index contributed by atoms with van der Waals surface area (Å²) < 4.78 is 0. The minimum Gasteiger partial charge on any atom is -0.384 e. The van der Waals surface area contributed by atoms with Crippen molar-refractivity contribution in [3.63, 3.8) is 0 Å². The molecule has 0 aromatic heterocycles. The highest BCUT2D eigenvalue weighted by Gasteiger charge is 2.01. The lowest BCUT2D eigenvalue weighted by atomic mass is 10.0. The fraction of sp³-hybridized carbons (Fsp3) is 0.200. The van der Waals surface area contributed by atoms with E-state index in [0.717, 1.165) is 28.3 Å². The summed E-state index contributed by atoms with van der Waals surface area (Å²) in [5.74, 6) is 0.291. The molecular weight excluding hydrogens is 224 g/mol. The van der Waals surface area contributed by atoms with Gasteiger partial charge in [-0.15, -0.1) is 0 Å². The third-order valence-corrected chi connectivity index (χ3v) is 2.98. The van der Waals surface area contributed by atoms with E-state index in [1.807, 2.05) is 30.3 Å². The number of amidine groups is 1. The summed E-state index contributed by atoms with van der Waals surface area (Å²) in [5.41, 5.74) is 7.36. The summed E-state index contributed by atoms with van der Waals surface area (Å²) in [6.45, 7) is 1.61. The number of nitrogen functional groups attached to an aromatic ring is 1. The van der Waals surface area contributed by atoms with Crippen LogP contribution < -0.4 is 5.73 Å². The average molecular weight is 240 g/mol. The zero-order chi connectivity index (χ0) is 13.1. The smallest absolute Gasteiger partial charge is 0.130 e. The normalized spacial score (nSPS) is 10.5. The maximum Gasteiger partial charge on any atom is 0.130 e. The lowest BCUT2D eigenvalue weighted by molar-refractivity contribution is -0.116. The average Bonchev–Trinajstić information content (AvgIpc) is 2.35. The summed E-state index contributed by atoms with van der Waals surface area (Å²) >= 11 is 0. The molecule has 0 aliphatic heterocycles. The topological polar surface area (TPSA) is 66.9 Å². The van der Waals surface area contributed by atoms with E-state index >= 15 is 0 Å². The summed E-state index contributed by atoms with van der Waals surface area (Å²) in [6.07, 6.45) is 1.36. The molecule has 0 saturated heterocycles. The molecular formula is C15H16N2O. The van der Waals surface area contributed by atoms with Crippen LogP contribution in [0.15, 0.2) is 36.4 Å². The Morgan fingerprint density at radius 1 is 1.17 bits per heavy atom. The maximum atomic E-state index is 11.0. The number of aryl methyl sites for hydroxylation is 1. The van der Waals surface area contributed by atoms with Gasteiger partial charge >= 0.3 is 0 Å². The van der Waals surface area contributed by atoms with Crippen molar-refractivity contribution in [1.29, 1.82) is 5.41 Å². The van der Waals surface area contributed by atoms with Crippen LogP contribution in [0.25, 0.3) is 10.8 Å². The number of ketones is 1. The van der Waals surface area contributed by atoms with Crippen LogP contribution in [0.1, 0.15) is 24.5 Å². The predicted molar refractivity (Wildman–Crippen MR) is 74.0 cm³/mol. The number of hydrogen-bond acceptors (Lipinski definition) is 2. The molecule has 92 valence electrons. The zero-order valence-electron chi connectivity index (χ0n) is 10.4. The van der Waals surface area contributed by atoms with Crippen molar-refractivity contribution in [2.75, 3.05) is 0 Å². The Morgan fingerprint density at radius 3 is 2.50 bits per heavy atom. The Morgan fingerprint density at radius 2 is 1.83 bits per heavy atom. The van der Waals surface area contributed by atoms with E-state index in [1.165, 1.54) is 0 Å². The first-order chi connectivity index (χ1) is 8.56. The second kappa shape index (κ2) is 5.00. The molecule has 0 fully saturated rings. The SMILES string of the molecule is CC(=O)CCc1ccc2cc(C(=N)N)ccc2c1. The summed E-state index contributed by atoms with van der Waals surface area (Å²) in [7, 11) is 0. The first kappa shape index (κ1) is 12.3. The number of carbonyl (C=O) groups is 1. The van der Waals surface area contributed by atoms with Gasteiger partial charge in [0.05, 0.1) is 0 Å². The van der Waals surface area contributed by atoms with Gasteiger partial charge in [-0.3, -0.25) is 5.41 Å². The van der Waals surface area contributed by atoms with E-state index in [4.69, 9.17) is 11.1 Å². The molecule has 18 heavy (non-hydrogen) atoms. The molecule has 0 spiro atoms. The number of fused-ring (bicyclic) bond motifs is 1. The van der Waals surface area contributed by atoms with Gasteiger partial charge in [0.2, 0.25) is 0 Å². The van der Waals surface area contributed by atoms with Crippen LogP contribution >= 0.6 is 0 Å². The molecule has 0 aliphatic rings. The fourth-order valence-electron chi connectivity index (χ4n) is 1.94. The molecule has 0 aliphatic carbocycles. The third-order valence-electron chi connectivity index (χ3n) is 2.98. The molecule has 3 heteroatoms. The van der Waals surface area contributed by atoms with Crippen LogP contribution in [-0.4, -0.2) is 11.6 Å². The fourth-order valence-corrected chi connectivity index (χ4v) is 1.94. The van der Waals surface area contributed by atoms with E-state index in [2.05, 4.69) is 6.07 Å². The minimum atomic E-state index is 0.0811. The van der Waals surface area contributed by atoms with Gasteiger partial charge in [-0.2, -0.15) is 0 Å². The summed E-state index contributed by atoms with van der Waals surface area (Å²) in [6, 6.07) is 11.8. The standard InChI is InChI=1S/C15H16N2O/c1-10(18)2-3-11-4-5-13-9-14(15(16)17)7-6-12(13)8-11/h4-9H,2-3H2,1H3,(H3,16,17). The van der Waals surface area contributed by atoms with Gasteiger partial charge in [-0.05, 0) is 35.7 Å². The first-order valence-corrected chi connectivity index (χ1v) is 5.93. The molecule has 0 amide bonds. The van der Waals surface area contributed by atoms with Crippen LogP contribution in [-0.2, 0) is 11.2 Å². The van der Waals surface area contributed by atoms with Crippen molar-refractivity contribution < 1.29 is 4.79 Å². The van der Waals surface area contributed by atoms with Crippen molar-refractivity contribution in [2.45, 2.75) is 19.8 Å². The van der Waals surface area contributed by atoms with Gasteiger partial charge in [-0.25, -0.2) is 0 Å². The molecule has 0 heterocycles. The van der Waals surface area contributed by atoms with Gasteiger partial charge in [0.1, 0.15) is 11.6 Å². The number of nitrogens with one attached hydrogen (secondary N) is 1. The highest BCUT2D eigenvalue weighted by atomic mass is 16.1. The van der Waals surface area contributed by atoms with E-state index in [1.54, 1.807) is 6.92 Å². The first-order valence-electron chi connectivity index (χ1n) is 5.93. The van der Waals surface area contributed by atoms with Crippen molar-refractivity contribution >= 4 is 22.4 Å². The highest BCUT2D eigenvalue weighted by molar-refractivity contribution is 5.99. The van der Waals surface area contributed by atoms with Gasteiger partial charge in [0.15, 0.2) is 0 Å². The van der Waals surface area contributed by atoms with Crippen LogP contribution in [0.5, 0.6) is 0 Å². The van der Waals surface area contributed by atoms with Crippen LogP contribution in [0.4, 0.5) is 0 Å². The lowest BCUT2D eigenvalue weighted by Gasteiger charge is -2.05. The number of carbonyl (C=O) groups excluding carboxylic acids is 1. The Kier molecular flexibility index (Phi) is 3.42.